The lowest BCUT2D eigenvalue weighted by Gasteiger charge is -2.34. The van der Waals surface area contributed by atoms with Crippen LogP contribution >= 0.6 is 0 Å². The lowest BCUT2D eigenvalue weighted by Crippen LogP contribution is -2.43. The van der Waals surface area contributed by atoms with E-state index >= 15 is 0 Å². The van der Waals surface area contributed by atoms with Crippen LogP contribution in [0.5, 0.6) is 0 Å². The molecule has 0 spiro atoms. The van der Waals surface area contributed by atoms with Crippen molar-refractivity contribution in [1.29, 1.82) is 0 Å². The van der Waals surface area contributed by atoms with Crippen molar-refractivity contribution in [1.82, 2.24) is 4.90 Å². The van der Waals surface area contributed by atoms with Gasteiger partial charge < -0.3 is 5.73 Å². The Hall–Kier alpha value is -0.0800. The van der Waals surface area contributed by atoms with Crippen molar-refractivity contribution in [3.63, 3.8) is 0 Å². The fourth-order valence-electron chi connectivity index (χ4n) is 5.58. The molecule has 1 saturated carbocycles. The van der Waals surface area contributed by atoms with Crippen LogP contribution in [-0.2, 0) is 0 Å². The van der Waals surface area contributed by atoms with Crippen LogP contribution in [0.4, 0.5) is 0 Å². The molecule has 0 aromatic carbocycles. The molecule has 2 rings (SSSR count). The summed E-state index contributed by atoms with van der Waals surface area (Å²) in [6.07, 6.45) is 12.5. The van der Waals surface area contributed by atoms with Gasteiger partial charge in [-0.2, -0.15) is 0 Å². The second kappa shape index (κ2) is 9.03. The van der Waals surface area contributed by atoms with E-state index in [0.717, 1.165) is 36.1 Å². The molecule has 2 fully saturated rings. The van der Waals surface area contributed by atoms with Gasteiger partial charge in [-0.25, -0.2) is 0 Å². The summed E-state index contributed by atoms with van der Waals surface area (Å²) in [6.45, 7) is 14.3. The van der Waals surface area contributed by atoms with Crippen molar-refractivity contribution in [3.8, 4) is 0 Å². The first-order chi connectivity index (χ1) is 11.3. The minimum atomic E-state index is -0.0392. The van der Waals surface area contributed by atoms with Crippen LogP contribution in [0.15, 0.2) is 0 Å². The molecule has 24 heavy (non-hydrogen) atoms. The average molecular weight is 337 g/mol. The highest BCUT2D eigenvalue weighted by molar-refractivity contribution is 4.94. The highest BCUT2D eigenvalue weighted by atomic mass is 15.2. The van der Waals surface area contributed by atoms with Gasteiger partial charge in [-0.3, -0.25) is 4.90 Å². The lowest BCUT2D eigenvalue weighted by atomic mass is 9.77. The Morgan fingerprint density at radius 1 is 1.08 bits per heavy atom. The van der Waals surface area contributed by atoms with E-state index in [0.29, 0.717) is 0 Å². The highest BCUT2D eigenvalue weighted by Gasteiger charge is 2.39. The smallest absolute Gasteiger partial charge is 0.0116 e. The Morgan fingerprint density at radius 3 is 2.29 bits per heavy atom. The minimum absolute atomic E-state index is 0.0392. The molecule has 2 N–H and O–H groups in total. The van der Waals surface area contributed by atoms with Gasteiger partial charge in [-0.1, -0.05) is 52.9 Å². The molecule has 1 aliphatic carbocycles. The summed E-state index contributed by atoms with van der Waals surface area (Å²) in [4.78, 5) is 2.86. The van der Waals surface area contributed by atoms with E-state index in [2.05, 4.69) is 39.5 Å². The maximum atomic E-state index is 6.42. The summed E-state index contributed by atoms with van der Waals surface area (Å²) in [7, 11) is 0. The topological polar surface area (TPSA) is 29.3 Å². The fraction of sp³-hybridized carbons (Fsp3) is 1.00. The van der Waals surface area contributed by atoms with E-state index in [9.17, 15) is 0 Å². The second-order valence-corrected chi connectivity index (χ2v) is 9.76. The molecule has 0 radical (unpaired) electrons. The number of nitrogens with two attached hydrogens (primary N) is 1. The Bertz CT molecular complexity index is 353. The molecule has 142 valence electrons. The summed E-state index contributed by atoms with van der Waals surface area (Å²) < 4.78 is 0. The van der Waals surface area contributed by atoms with Crippen LogP contribution in [0.25, 0.3) is 0 Å². The van der Waals surface area contributed by atoms with Gasteiger partial charge in [0, 0.05) is 24.7 Å². The third-order valence-corrected chi connectivity index (χ3v) is 6.99. The number of hydrogen-bond acceptors (Lipinski definition) is 2. The molecular weight excluding hydrogens is 292 g/mol. The van der Waals surface area contributed by atoms with Crippen LogP contribution in [0.1, 0.15) is 92.4 Å². The van der Waals surface area contributed by atoms with Crippen LogP contribution in [0.3, 0.4) is 0 Å². The molecule has 2 heteroatoms. The SMILES string of the molecule is CCC(C)C(CC)C1CC(CC(C)(C)N)N(CC2CCCCC2)C1. The van der Waals surface area contributed by atoms with E-state index in [1.807, 2.05) is 0 Å². The predicted octanol–water partition coefficient (Wildman–Crippen LogP) is 5.46. The number of likely N-dealkylation sites (tertiary alicyclic amines) is 1. The van der Waals surface area contributed by atoms with E-state index in [1.165, 1.54) is 64.5 Å². The molecule has 1 heterocycles. The first-order valence-corrected chi connectivity index (χ1v) is 10.9. The van der Waals surface area contributed by atoms with Gasteiger partial charge in [0.15, 0.2) is 0 Å². The van der Waals surface area contributed by atoms with Gasteiger partial charge in [0.2, 0.25) is 0 Å². The zero-order valence-electron chi connectivity index (χ0n) is 17.2. The standard InChI is InChI=1S/C22H44N2/c1-6-17(3)21(7-2)19-13-20(14-22(4,5)23)24(16-19)15-18-11-9-8-10-12-18/h17-21H,6-16,23H2,1-5H3. The number of hydrogen-bond donors (Lipinski definition) is 1. The maximum Gasteiger partial charge on any atom is 0.0116 e. The average Bonchev–Trinajstić information content (AvgIpc) is 2.89. The first kappa shape index (κ1) is 20.2. The molecule has 0 aromatic rings. The van der Waals surface area contributed by atoms with Crippen molar-refractivity contribution in [3.05, 3.63) is 0 Å². The van der Waals surface area contributed by atoms with Crippen molar-refractivity contribution in [2.45, 2.75) is 104 Å². The summed E-state index contributed by atoms with van der Waals surface area (Å²) in [6, 6.07) is 0.718. The van der Waals surface area contributed by atoms with E-state index < -0.39 is 0 Å². The summed E-state index contributed by atoms with van der Waals surface area (Å²) in [5.41, 5.74) is 6.38. The summed E-state index contributed by atoms with van der Waals surface area (Å²) in [5, 5.41) is 0. The second-order valence-electron chi connectivity index (χ2n) is 9.76. The van der Waals surface area contributed by atoms with Crippen LogP contribution in [-0.4, -0.2) is 29.6 Å². The molecule has 2 aliphatic rings. The molecule has 2 nitrogen and oxygen atoms in total. The van der Waals surface area contributed by atoms with Crippen molar-refractivity contribution < 1.29 is 0 Å². The molecule has 0 aromatic heterocycles. The number of rotatable bonds is 8. The van der Waals surface area contributed by atoms with E-state index in [4.69, 9.17) is 5.73 Å². The molecular formula is C22H44N2. The van der Waals surface area contributed by atoms with Gasteiger partial charge >= 0.3 is 0 Å². The monoisotopic (exact) mass is 336 g/mol. The Labute approximate surface area is 151 Å². The molecule has 4 atom stereocenters. The Kier molecular flexibility index (Phi) is 7.61. The highest BCUT2D eigenvalue weighted by Crippen LogP contribution is 2.39. The number of nitrogens with zero attached hydrogens (tertiary/aromatic N) is 1. The van der Waals surface area contributed by atoms with Gasteiger partial charge in [0.25, 0.3) is 0 Å². The zero-order valence-corrected chi connectivity index (χ0v) is 17.2. The van der Waals surface area contributed by atoms with Crippen LogP contribution < -0.4 is 5.73 Å². The Balaban J connectivity index is 2.03. The van der Waals surface area contributed by atoms with Gasteiger partial charge in [-0.15, -0.1) is 0 Å². The quantitative estimate of drug-likeness (QED) is 0.638. The normalized spacial score (nSPS) is 29.8. The molecule has 0 amide bonds. The zero-order chi connectivity index (χ0) is 17.7. The van der Waals surface area contributed by atoms with Gasteiger partial charge in [0.05, 0.1) is 0 Å². The maximum absolute atomic E-state index is 6.42. The summed E-state index contributed by atoms with van der Waals surface area (Å²) in [5.74, 6) is 3.60. The van der Waals surface area contributed by atoms with Gasteiger partial charge in [0.1, 0.15) is 0 Å². The molecule has 1 aliphatic heterocycles. The third-order valence-electron chi connectivity index (χ3n) is 6.99. The van der Waals surface area contributed by atoms with Crippen LogP contribution in [0, 0.1) is 23.7 Å². The lowest BCUT2D eigenvalue weighted by molar-refractivity contribution is 0.159. The molecule has 4 unspecified atom stereocenters. The summed E-state index contributed by atoms with van der Waals surface area (Å²) >= 11 is 0. The first-order valence-electron chi connectivity index (χ1n) is 10.9. The van der Waals surface area contributed by atoms with E-state index in [1.54, 1.807) is 0 Å². The van der Waals surface area contributed by atoms with Crippen molar-refractivity contribution in [2.75, 3.05) is 13.1 Å². The Morgan fingerprint density at radius 2 is 1.75 bits per heavy atom. The fourth-order valence-corrected chi connectivity index (χ4v) is 5.58. The molecule has 1 saturated heterocycles. The third kappa shape index (κ3) is 5.73. The molecule has 0 bridgehead atoms. The predicted molar refractivity (Wildman–Crippen MR) is 106 cm³/mol. The van der Waals surface area contributed by atoms with Gasteiger partial charge in [-0.05, 0) is 63.2 Å². The van der Waals surface area contributed by atoms with Crippen molar-refractivity contribution >= 4 is 0 Å². The minimum Gasteiger partial charge on any atom is -0.326 e. The van der Waals surface area contributed by atoms with E-state index in [-0.39, 0.29) is 5.54 Å². The van der Waals surface area contributed by atoms with Crippen LogP contribution in [0.2, 0.25) is 0 Å². The van der Waals surface area contributed by atoms with Crippen molar-refractivity contribution in [2.24, 2.45) is 29.4 Å². The largest absolute Gasteiger partial charge is 0.326 e.